The summed E-state index contributed by atoms with van der Waals surface area (Å²) in [6.45, 7) is 3.41. The van der Waals surface area contributed by atoms with Crippen LogP contribution in [0.25, 0.3) is 11.3 Å². The van der Waals surface area contributed by atoms with Gasteiger partial charge in [0.05, 0.1) is 28.0 Å². The van der Waals surface area contributed by atoms with Gasteiger partial charge in [-0.2, -0.15) is 0 Å². The number of aryl methyl sites for hydroxylation is 1. The first-order chi connectivity index (χ1) is 12.4. The van der Waals surface area contributed by atoms with Gasteiger partial charge in [-0.25, -0.2) is 9.97 Å². The third-order valence-electron chi connectivity index (χ3n) is 4.94. The first kappa shape index (κ1) is 19.3. The zero-order valence-corrected chi connectivity index (χ0v) is 16.2. The summed E-state index contributed by atoms with van der Waals surface area (Å²) >= 11 is 12.4. The van der Waals surface area contributed by atoms with Gasteiger partial charge in [0.25, 0.3) is 0 Å². The zero-order chi connectivity index (χ0) is 18.9. The number of nitrogens with zero attached hydrogens (tertiary/aromatic N) is 3. The summed E-state index contributed by atoms with van der Waals surface area (Å²) in [5.41, 5.74) is 5.61. The quantitative estimate of drug-likeness (QED) is 0.730. The largest absolute Gasteiger partial charge is 0.390 e. The highest BCUT2D eigenvalue weighted by Crippen LogP contribution is 2.35. The van der Waals surface area contributed by atoms with Crippen molar-refractivity contribution in [3.8, 4) is 11.3 Å². The van der Waals surface area contributed by atoms with Gasteiger partial charge in [-0.1, -0.05) is 35.3 Å². The first-order valence-corrected chi connectivity index (χ1v) is 9.33. The lowest BCUT2D eigenvalue weighted by atomic mass is 9.91. The Morgan fingerprint density at radius 2 is 1.92 bits per heavy atom. The molecule has 0 amide bonds. The van der Waals surface area contributed by atoms with Gasteiger partial charge in [-0.15, -0.1) is 0 Å². The molecule has 1 aliphatic heterocycles. The number of aliphatic hydroxyl groups is 2. The third kappa shape index (κ3) is 3.66. The van der Waals surface area contributed by atoms with Crippen molar-refractivity contribution in [2.24, 2.45) is 0 Å². The van der Waals surface area contributed by atoms with E-state index in [0.29, 0.717) is 71.0 Å². The molecule has 0 aliphatic carbocycles. The summed E-state index contributed by atoms with van der Waals surface area (Å²) in [5.74, 6) is 0.651. The predicted octanol–water partition coefficient (Wildman–Crippen LogP) is 1.82. The van der Waals surface area contributed by atoms with Crippen LogP contribution < -0.4 is 10.6 Å². The summed E-state index contributed by atoms with van der Waals surface area (Å²) in [7, 11) is 0. The summed E-state index contributed by atoms with van der Waals surface area (Å²) in [4.78, 5) is 11.4. The highest BCUT2D eigenvalue weighted by atomic mass is 35.5. The second-order valence-corrected chi connectivity index (χ2v) is 7.43. The molecule has 1 aromatic carbocycles. The molecule has 8 heteroatoms. The normalized spacial score (nSPS) is 16.8. The molecule has 140 valence electrons. The summed E-state index contributed by atoms with van der Waals surface area (Å²) in [5, 5.41) is 21.1. The molecule has 3 rings (SSSR count). The second-order valence-electron chi connectivity index (χ2n) is 6.65. The van der Waals surface area contributed by atoms with E-state index in [4.69, 9.17) is 28.2 Å². The highest BCUT2D eigenvalue weighted by Gasteiger charge is 2.34. The van der Waals surface area contributed by atoms with Crippen LogP contribution in [0.15, 0.2) is 18.2 Å². The average molecular weight is 398 g/mol. The molecule has 1 fully saturated rings. The Morgan fingerprint density at radius 1 is 1.23 bits per heavy atom. The molecule has 0 atom stereocenters. The van der Waals surface area contributed by atoms with E-state index in [1.165, 1.54) is 0 Å². The van der Waals surface area contributed by atoms with Crippen LogP contribution in [0, 0.1) is 6.92 Å². The van der Waals surface area contributed by atoms with Crippen molar-refractivity contribution in [3.05, 3.63) is 39.6 Å². The molecular formula is C18H23Cl2N4O2+. The summed E-state index contributed by atoms with van der Waals surface area (Å²) in [6.07, 6.45) is 1.23. The number of anilines is 1. The smallest absolute Gasteiger partial charge is 0.153 e. The van der Waals surface area contributed by atoms with Gasteiger partial charge in [0.2, 0.25) is 0 Å². The van der Waals surface area contributed by atoms with E-state index in [2.05, 4.69) is 15.6 Å². The lowest BCUT2D eigenvalue weighted by Crippen LogP contribution is -2.64. The van der Waals surface area contributed by atoms with Crippen molar-refractivity contribution in [2.45, 2.75) is 32.0 Å². The van der Waals surface area contributed by atoms with Gasteiger partial charge < -0.3 is 20.8 Å². The fourth-order valence-corrected chi connectivity index (χ4v) is 3.62. The fourth-order valence-electron chi connectivity index (χ4n) is 3.23. The molecule has 0 unspecified atom stereocenters. The lowest BCUT2D eigenvalue weighted by Gasteiger charge is -2.37. The van der Waals surface area contributed by atoms with Crippen LogP contribution in [0.3, 0.4) is 0 Å². The first-order valence-electron chi connectivity index (χ1n) is 8.58. The van der Waals surface area contributed by atoms with Gasteiger partial charge in [0.15, 0.2) is 5.82 Å². The molecule has 2 aromatic rings. The second kappa shape index (κ2) is 7.66. The Balaban J connectivity index is 1.97. The third-order valence-corrected chi connectivity index (χ3v) is 5.76. The number of aromatic nitrogens is 2. The summed E-state index contributed by atoms with van der Waals surface area (Å²) in [6, 6.07) is 5.36. The van der Waals surface area contributed by atoms with Crippen LogP contribution in [-0.2, 0) is 6.61 Å². The number of halogens is 2. The van der Waals surface area contributed by atoms with Crippen LogP contribution in [0.5, 0.6) is 0 Å². The van der Waals surface area contributed by atoms with Gasteiger partial charge >= 0.3 is 0 Å². The minimum atomic E-state index is -0.716. The van der Waals surface area contributed by atoms with E-state index in [1.54, 1.807) is 12.1 Å². The molecule has 26 heavy (non-hydrogen) atoms. The molecule has 6 nitrogen and oxygen atoms in total. The molecule has 0 spiro atoms. The molecule has 0 radical (unpaired) electrons. The minimum absolute atomic E-state index is 0.232. The predicted molar refractivity (Wildman–Crippen MR) is 102 cm³/mol. The maximum atomic E-state index is 10.4. The van der Waals surface area contributed by atoms with Gasteiger partial charge in [0.1, 0.15) is 17.8 Å². The molecule has 5 N–H and O–H groups in total. The fraction of sp³-hybridized carbons (Fsp3) is 0.444. The Labute approximate surface area is 162 Å². The van der Waals surface area contributed by atoms with Crippen molar-refractivity contribution in [1.29, 1.82) is 0 Å². The average Bonchev–Trinajstić information content (AvgIpc) is 2.65. The minimum Gasteiger partial charge on any atom is -0.390 e. The van der Waals surface area contributed by atoms with Crippen LogP contribution in [0.1, 0.15) is 24.2 Å². The number of benzene rings is 1. The van der Waals surface area contributed by atoms with E-state index in [9.17, 15) is 10.2 Å². The monoisotopic (exact) mass is 397 g/mol. The van der Waals surface area contributed by atoms with Crippen molar-refractivity contribution in [1.82, 2.24) is 9.97 Å². The number of quaternary nitrogens is 1. The number of piperidine rings is 1. The molecule has 1 aromatic heterocycles. The lowest BCUT2D eigenvalue weighted by molar-refractivity contribution is -0.401. The van der Waals surface area contributed by atoms with Gasteiger partial charge in [-0.3, -0.25) is 0 Å². The van der Waals surface area contributed by atoms with Crippen LogP contribution in [-0.4, -0.2) is 45.4 Å². The number of rotatable bonds is 4. The van der Waals surface area contributed by atoms with E-state index in [0.717, 1.165) is 0 Å². The van der Waals surface area contributed by atoms with E-state index in [-0.39, 0.29) is 6.61 Å². The Morgan fingerprint density at radius 3 is 2.54 bits per heavy atom. The van der Waals surface area contributed by atoms with Crippen LogP contribution in [0.4, 0.5) is 5.82 Å². The van der Waals surface area contributed by atoms with E-state index >= 15 is 0 Å². The Bertz CT molecular complexity index is 808. The van der Waals surface area contributed by atoms with Gasteiger partial charge in [-0.05, 0) is 25.8 Å². The maximum absolute atomic E-state index is 10.4. The Hall–Kier alpha value is -1.44. The molecular weight excluding hydrogens is 375 g/mol. The van der Waals surface area contributed by atoms with E-state index in [1.807, 2.05) is 13.0 Å². The van der Waals surface area contributed by atoms with Crippen molar-refractivity contribution < 1.29 is 15.9 Å². The van der Waals surface area contributed by atoms with E-state index < -0.39 is 5.60 Å². The topological polar surface area (TPSA) is 97.1 Å². The van der Waals surface area contributed by atoms with Crippen molar-refractivity contribution >= 4 is 29.0 Å². The number of hydrogen-bond donors (Lipinski definition) is 3. The SMILES string of the molecule is Cc1nc(N2CCC(O)(C[NH3+])CC2)c(CO)nc1-c1cccc(Cl)c1Cl. The molecule has 0 bridgehead atoms. The molecule has 2 heterocycles. The number of aliphatic hydroxyl groups excluding tert-OH is 1. The van der Waals surface area contributed by atoms with Gasteiger partial charge in [0, 0.05) is 18.7 Å². The molecule has 1 aliphatic rings. The van der Waals surface area contributed by atoms with Crippen LogP contribution >= 0.6 is 23.2 Å². The van der Waals surface area contributed by atoms with Crippen molar-refractivity contribution in [3.63, 3.8) is 0 Å². The number of hydrogen-bond acceptors (Lipinski definition) is 5. The maximum Gasteiger partial charge on any atom is 0.153 e. The highest BCUT2D eigenvalue weighted by molar-refractivity contribution is 6.43. The standard InChI is InChI=1S/C18H22Cl2N4O2/c1-11-16(12-3-2-4-13(19)15(12)20)23-14(9-25)17(22-11)24-7-5-18(26,10-21)6-8-24/h2-4,25-26H,5-10,21H2,1H3/p+1. The zero-order valence-electron chi connectivity index (χ0n) is 14.7. The Kier molecular flexibility index (Phi) is 5.69. The molecule has 1 saturated heterocycles. The molecule has 0 saturated carbocycles. The summed E-state index contributed by atoms with van der Waals surface area (Å²) < 4.78 is 0. The van der Waals surface area contributed by atoms with Crippen LogP contribution in [0.2, 0.25) is 10.0 Å². The van der Waals surface area contributed by atoms with Crippen molar-refractivity contribution in [2.75, 3.05) is 24.5 Å².